The molecule has 2 aliphatic heterocycles. The summed E-state index contributed by atoms with van der Waals surface area (Å²) >= 11 is 0. The second-order valence-corrected chi connectivity index (χ2v) is 7.29. The van der Waals surface area contributed by atoms with Crippen molar-refractivity contribution in [2.45, 2.75) is 25.2 Å². The van der Waals surface area contributed by atoms with Crippen molar-refractivity contribution in [3.63, 3.8) is 0 Å². The number of aliphatic hydroxyl groups is 1. The minimum atomic E-state index is -0.540. The highest BCUT2D eigenvalue weighted by Crippen LogP contribution is 2.33. The quantitative estimate of drug-likeness (QED) is 0.753. The molecule has 1 fully saturated rings. The van der Waals surface area contributed by atoms with Crippen LogP contribution in [-0.4, -0.2) is 47.1 Å². The lowest BCUT2D eigenvalue weighted by molar-refractivity contribution is -0.0274. The Labute approximate surface area is 163 Å². The van der Waals surface area contributed by atoms with Crippen molar-refractivity contribution in [2.24, 2.45) is 0 Å². The van der Waals surface area contributed by atoms with E-state index >= 15 is 0 Å². The third kappa shape index (κ3) is 3.48. The van der Waals surface area contributed by atoms with Crippen molar-refractivity contribution in [3.05, 3.63) is 60.3 Å². The lowest BCUT2D eigenvalue weighted by atomic mass is 10.0. The lowest BCUT2D eigenvalue weighted by Gasteiger charge is -2.36. The number of hydrogen-bond donors (Lipinski definition) is 1. The van der Waals surface area contributed by atoms with Crippen LogP contribution in [0.5, 0.6) is 17.2 Å². The summed E-state index contributed by atoms with van der Waals surface area (Å²) in [5.41, 5.74) is 2.05. The van der Waals surface area contributed by atoms with Crippen molar-refractivity contribution in [1.82, 2.24) is 9.88 Å². The molecule has 0 unspecified atom stereocenters. The molecule has 6 heteroatoms. The molecule has 0 aliphatic carbocycles. The summed E-state index contributed by atoms with van der Waals surface area (Å²) in [6, 6.07) is 15.8. The largest absolute Gasteiger partial charge is 0.488 e. The number of β-amino-alcohol motifs (C(OH)–C–C–N with tert-alkyl or cyclic N) is 1. The van der Waals surface area contributed by atoms with Gasteiger partial charge in [0.1, 0.15) is 18.0 Å². The number of benzene rings is 2. The zero-order valence-electron chi connectivity index (χ0n) is 15.5. The number of aromatic nitrogens is 1. The topological polar surface area (TPSA) is 64.1 Å². The van der Waals surface area contributed by atoms with Gasteiger partial charge in [-0.25, -0.2) is 0 Å². The fourth-order valence-corrected chi connectivity index (χ4v) is 3.85. The monoisotopic (exact) mass is 378 g/mol. The van der Waals surface area contributed by atoms with Crippen molar-refractivity contribution < 1.29 is 19.3 Å². The number of piperidine rings is 1. The predicted molar refractivity (Wildman–Crippen MR) is 105 cm³/mol. The molecule has 2 aromatic carbocycles. The molecule has 3 heterocycles. The standard InChI is InChI=1S/C22H22N2O4/c25-19-13-24(12-15-3-6-21-22(10-15)27-14-26-21)9-7-20(19)28-17-5-4-16-2-1-8-23-18(16)11-17/h1-6,8,10-11,19-20,25H,7,9,12-14H2/t19-,20-/m1/s1. The number of ether oxygens (including phenoxy) is 3. The van der Waals surface area contributed by atoms with Gasteiger partial charge in [0, 0.05) is 37.3 Å². The summed E-state index contributed by atoms with van der Waals surface area (Å²) in [5, 5.41) is 11.7. The first-order valence-corrected chi connectivity index (χ1v) is 9.55. The molecule has 144 valence electrons. The van der Waals surface area contributed by atoms with Gasteiger partial charge in [0.2, 0.25) is 6.79 Å². The van der Waals surface area contributed by atoms with Crippen LogP contribution in [0.4, 0.5) is 0 Å². The van der Waals surface area contributed by atoms with Gasteiger partial charge in [0.15, 0.2) is 11.5 Å². The van der Waals surface area contributed by atoms with Gasteiger partial charge in [-0.2, -0.15) is 0 Å². The Morgan fingerprint density at radius 3 is 2.96 bits per heavy atom. The molecule has 1 saturated heterocycles. The molecule has 1 N–H and O–H groups in total. The number of pyridine rings is 1. The number of rotatable bonds is 4. The Hall–Kier alpha value is -2.83. The van der Waals surface area contributed by atoms with Crippen LogP contribution < -0.4 is 14.2 Å². The molecule has 5 rings (SSSR count). The SMILES string of the molecule is O[C@@H]1CN(Cc2ccc3c(c2)OCO3)CC[C@H]1Oc1ccc2cccnc2c1. The van der Waals surface area contributed by atoms with Crippen LogP contribution >= 0.6 is 0 Å². The first-order chi connectivity index (χ1) is 13.7. The highest BCUT2D eigenvalue weighted by molar-refractivity contribution is 5.79. The lowest BCUT2D eigenvalue weighted by Crippen LogP contribution is -2.48. The molecule has 2 aliphatic rings. The van der Waals surface area contributed by atoms with Gasteiger partial charge in [-0.3, -0.25) is 9.88 Å². The third-order valence-electron chi connectivity index (χ3n) is 5.31. The number of likely N-dealkylation sites (tertiary alicyclic amines) is 1. The normalized spacial score (nSPS) is 21.8. The van der Waals surface area contributed by atoms with E-state index in [1.165, 1.54) is 0 Å². The molecule has 28 heavy (non-hydrogen) atoms. The summed E-state index contributed by atoms with van der Waals surface area (Å²) < 4.78 is 16.9. The number of hydrogen-bond acceptors (Lipinski definition) is 6. The summed E-state index contributed by atoms with van der Waals surface area (Å²) in [7, 11) is 0. The Kier molecular flexibility index (Phi) is 4.50. The fraction of sp³-hybridized carbons (Fsp3) is 0.318. The van der Waals surface area contributed by atoms with Gasteiger partial charge >= 0.3 is 0 Å². The number of aliphatic hydroxyl groups excluding tert-OH is 1. The minimum absolute atomic E-state index is 0.214. The summed E-state index contributed by atoms with van der Waals surface area (Å²) in [6.07, 6.45) is 1.79. The second-order valence-electron chi connectivity index (χ2n) is 7.29. The average molecular weight is 378 g/mol. The van der Waals surface area contributed by atoms with Crippen LogP contribution in [0.15, 0.2) is 54.7 Å². The van der Waals surface area contributed by atoms with Crippen LogP contribution in [0.25, 0.3) is 10.9 Å². The van der Waals surface area contributed by atoms with Crippen molar-refractivity contribution in [2.75, 3.05) is 19.9 Å². The zero-order valence-corrected chi connectivity index (χ0v) is 15.5. The van der Waals surface area contributed by atoms with E-state index in [-0.39, 0.29) is 12.9 Å². The molecule has 3 aromatic rings. The Bertz CT molecular complexity index is 993. The van der Waals surface area contributed by atoms with Gasteiger partial charge in [-0.15, -0.1) is 0 Å². The summed E-state index contributed by atoms with van der Waals surface area (Å²) in [6.45, 7) is 2.48. The van der Waals surface area contributed by atoms with Gasteiger partial charge < -0.3 is 19.3 Å². The zero-order chi connectivity index (χ0) is 18.9. The van der Waals surface area contributed by atoms with Crippen LogP contribution in [-0.2, 0) is 6.54 Å². The van der Waals surface area contributed by atoms with E-state index in [2.05, 4.69) is 9.88 Å². The van der Waals surface area contributed by atoms with E-state index in [4.69, 9.17) is 14.2 Å². The van der Waals surface area contributed by atoms with E-state index in [0.717, 1.165) is 53.2 Å². The highest BCUT2D eigenvalue weighted by atomic mass is 16.7. The molecule has 0 amide bonds. The molecule has 0 bridgehead atoms. The van der Waals surface area contributed by atoms with E-state index in [1.807, 2.05) is 48.5 Å². The Morgan fingerprint density at radius 2 is 2.04 bits per heavy atom. The summed E-state index contributed by atoms with van der Waals surface area (Å²) in [5.74, 6) is 2.33. The Morgan fingerprint density at radius 1 is 1.11 bits per heavy atom. The molecular weight excluding hydrogens is 356 g/mol. The van der Waals surface area contributed by atoms with Gasteiger partial charge in [-0.05, 0) is 42.3 Å². The maximum Gasteiger partial charge on any atom is 0.231 e. The smallest absolute Gasteiger partial charge is 0.231 e. The van der Waals surface area contributed by atoms with Crippen LogP contribution in [0.2, 0.25) is 0 Å². The molecule has 1 aromatic heterocycles. The van der Waals surface area contributed by atoms with Crippen LogP contribution in [0.1, 0.15) is 12.0 Å². The second kappa shape index (κ2) is 7.30. The Balaban J connectivity index is 1.21. The highest BCUT2D eigenvalue weighted by Gasteiger charge is 2.29. The van der Waals surface area contributed by atoms with Gasteiger partial charge in [-0.1, -0.05) is 12.1 Å². The first kappa shape index (κ1) is 17.3. The molecule has 0 radical (unpaired) electrons. The van der Waals surface area contributed by atoms with E-state index in [9.17, 15) is 5.11 Å². The van der Waals surface area contributed by atoms with Crippen molar-refractivity contribution in [3.8, 4) is 17.2 Å². The predicted octanol–water partition coefficient (Wildman–Crippen LogP) is 2.98. The van der Waals surface area contributed by atoms with Gasteiger partial charge in [0.05, 0.1) is 5.52 Å². The summed E-state index contributed by atoms with van der Waals surface area (Å²) in [4.78, 5) is 6.61. The van der Waals surface area contributed by atoms with E-state index < -0.39 is 6.10 Å². The maximum atomic E-state index is 10.6. The average Bonchev–Trinajstić information content (AvgIpc) is 3.18. The molecule has 2 atom stereocenters. The molecular formula is C22H22N2O4. The number of nitrogens with zero attached hydrogens (tertiary/aromatic N) is 2. The molecule has 0 spiro atoms. The minimum Gasteiger partial charge on any atom is -0.488 e. The number of fused-ring (bicyclic) bond motifs is 2. The van der Waals surface area contributed by atoms with Crippen LogP contribution in [0, 0.1) is 0 Å². The van der Waals surface area contributed by atoms with Gasteiger partial charge in [0.25, 0.3) is 0 Å². The third-order valence-corrected chi connectivity index (χ3v) is 5.31. The molecule has 6 nitrogen and oxygen atoms in total. The maximum absolute atomic E-state index is 10.6. The van der Waals surface area contributed by atoms with Crippen LogP contribution in [0.3, 0.4) is 0 Å². The van der Waals surface area contributed by atoms with Crippen molar-refractivity contribution in [1.29, 1.82) is 0 Å². The van der Waals surface area contributed by atoms with E-state index in [1.54, 1.807) is 6.20 Å². The molecule has 0 saturated carbocycles. The van der Waals surface area contributed by atoms with Crippen molar-refractivity contribution >= 4 is 10.9 Å². The van der Waals surface area contributed by atoms with E-state index in [0.29, 0.717) is 6.54 Å². The fourth-order valence-electron chi connectivity index (χ4n) is 3.85. The first-order valence-electron chi connectivity index (χ1n) is 9.55.